The first kappa shape index (κ1) is 16.5. The number of carboxylic acids is 1. The molecule has 0 aromatic carbocycles. The van der Waals surface area contributed by atoms with Crippen LogP contribution in [0.1, 0.15) is 51.9 Å². The molecule has 5 heteroatoms. The highest BCUT2D eigenvalue weighted by Gasteiger charge is 2.17. The Kier molecular flexibility index (Phi) is 7.77. The van der Waals surface area contributed by atoms with Crippen LogP contribution in [-0.2, 0) is 14.3 Å². The molecule has 1 aliphatic rings. The molecule has 1 atom stereocenters. The Balaban J connectivity index is 2.55. The molecule has 5 nitrogen and oxygen atoms in total. The maximum atomic E-state index is 10.6. The lowest BCUT2D eigenvalue weighted by Gasteiger charge is -2.20. The van der Waals surface area contributed by atoms with E-state index in [1.54, 1.807) is 0 Å². The first-order valence-corrected chi connectivity index (χ1v) is 7.31. The summed E-state index contributed by atoms with van der Waals surface area (Å²) in [6, 6.07) is 0.194. The van der Waals surface area contributed by atoms with E-state index >= 15 is 0 Å². The van der Waals surface area contributed by atoms with E-state index < -0.39 is 12.6 Å². The van der Waals surface area contributed by atoms with Crippen molar-refractivity contribution in [2.24, 2.45) is 4.99 Å². The maximum Gasteiger partial charge on any atom is 0.384 e. The van der Waals surface area contributed by atoms with Gasteiger partial charge in [0.25, 0.3) is 0 Å². The van der Waals surface area contributed by atoms with Gasteiger partial charge in [0.05, 0.1) is 6.04 Å². The van der Waals surface area contributed by atoms with Crippen LogP contribution in [0.15, 0.2) is 17.6 Å². The van der Waals surface area contributed by atoms with Gasteiger partial charge in [0.15, 0.2) is 6.61 Å². The molecule has 0 saturated heterocycles. The molecule has 20 heavy (non-hydrogen) atoms. The van der Waals surface area contributed by atoms with Crippen molar-refractivity contribution >= 4 is 12.1 Å². The van der Waals surface area contributed by atoms with Gasteiger partial charge in [-0.25, -0.2) is 9.79 Å². The second-order valence-corrected chi connectivity index (χ2v) is 5.16. The van der Waals surface area contributed by atoms with Gasteiger partial charge in [-0.1, -0.05) is 25.3 Å². The lowest BCUT2D eigenvalue weighted by molar-refractivity contribution is -0.140. The van der Waals surface area contributed by atoms with Gasteiger partial charge >= 0.3 is 12.1 Å². The fraction of sp³-hybridized carbons (Fsp3) is 0.733. The van der Waals surface area contributed by atoms with Crippen LogP contribution in [-0.4, -0.2) is 35.9 Å². The normalized spacial score (nSPS) is 18.4. The summed E-state index contributed by atoms with van der Waals surface area (Å²) >= 11 is 0. The zero-order valence-electron chi connectivity index (χ0n) is 12.2. The van der Waals surface area contributed by atoms with Gasteiger partial charge in [0.2, 0.25) is 0 Å². The summed E-state index contributed by atoms with van der Waals surface area (Å²) in [7, 11) is 0. The molecular weight excluding hydrogens is 258 g/mol. The first-order chi connectivity index (χ1) is 9.61. The Hall–Kier alpha value is -1.52. The molecule has 0 aromatic rings. The number of nitrogens with zero attached hydrogens (tertiary/aromatic N) is 1. The summed E-state index contributed by atoms with van der Waals surface area (Å²) in [5.74, 6) is -1.02. The number of aliphatic carboxylic acids is 1. The summed E-state index contributed by atoms with van der Waals surface area (Å²) in [4.78, 5) is 15.0. The SMILES string of the molecule is C=CCCC(C)OC(=NC1CCCCC1)OCC(=O)O. The molecule has 0 spiro atoms. The Morgan fingerprint density at radius 2 is 2.15 bits per heavy atom. The highest BCUT2D eigenvalue weighted by molar-refractivity contribution is 5.74. The minimum atomic E-state index is -1.02. The molecule has 1 unspecified atom stereocenters. The van der Waals surface area contributed by atoms with E-state index in [4.69, 9.17) is 14.6 Å². The molecule has 114 valence electrons. The van der Waals surface area contributed by atoms with Crippen molar-refractivity contribution in [2.45, 2.75) is 64.0 Å². The molecular formula is C15H25NO4. The Morgan fingerprint density at radius 3 is 2.75 bits per heavy atom. The standard InChI is InChI=1S/C15H25NO4/c1-3-4-8-12(2)20-15(19-11-14(17)18)16-13-9-6-5-7-10-13/h3,12-13H,1,4-11H2,2H3,(H,17,18). The van der Waals surface area contributed by atoms with Gasteiger partial charge in [0, 0.05) is 0 Å². The largest absolute Gasteiger partial charge is 0.479 e. The van der Waals surface area contributed by atoms with Gasteiger partial charge in [-0.15, -0.1) is 6.58 Å². The number of ether oxygens (including phenoxy) is 2. The van der Waals surface area contributed by atoms with Crippen molar-refractivity contribution in [2.75, 3.05) is 6.61 Å². The van der Waals surface area contributed by atoms with Crippen molar-refractivity contribution in [1.82, 2.24) is 0 Å². The van der Waals surface area contributed by atoms with Crippen LogP contribution in [0.4, 0.5) is 0 Å². The maximum absolute atomic E-state index is 10.6. The Labute approximate surface area is 120 Å². The average Bonchev–Trinajstić information content (AvgIpc) is 2.43. The van der Waals surface area contributed by atoms with Gasteiger partial charge in [-0.3, -0.25) is 0 Å². The number of aliphatic imine (C=N–C) groups is 1. The minimum Gasteiger partial charge on any atom is -0.479 e. The predicted molar refractivity (Wildman–Crippen MR) is 77.9 cm³/mol. The van der Waals surface area contributed by atoms with E-state index in [0.29, 0.717) is 0 Å². The Bertz CT molecular complexity index is 335. The van der Waals surface area contributed by atoms with E-state index in [-0.39, 0.29) is 18.2 Å². The minimum absolute atomic E-state index is 0.0656. The summed E-state index contributed by atoms with van der Waals surface area (Å²) in [5, 5.41) is 8.69. The number of hydrogen-bond acceptors (Lipinski definition) is 4. The molecule has 1 rings (SSSR count). The van der Waals surface area contributed by atoms with Crippen molar-refractivity contribution in [3.63, 3.8) is 0 Å². The number of allylic oxidation sites excluding steroid dienone is 1. The molecule has 1 fully saturated rings. The third-order valence-corrected chi connectivity index (χ3v) is 3.26. The quantitative estimate of drug-likeness (QED) is 0.443. The molecule has 0 aromatic heterocycles. The molecule has 0 aliphatic heterocycles. The predicted octanol–water partition coefficient (Wildman–Crippen LogP) is 3.15. The van der Waals surface area contributed by atoms with Crippen molar-refractivity contribution in [3.8, 4) is 0 Å². The third kappa shape index (κ3) is 7.16. The molecule has 1 saturated carbocycles. The monoisotopic (exact) mass is 283 g/mol. The zero-order chi connectivity index (χ0) is 14.8. The molecule has 1 N–H and O–H groups in total. The topological polar surface area (TPSA) is 68.1 Å². The summed E-state index contributed by atoms with van der Waals surface area (Å²) < 4.78 is 10.8. The molecule has 0 amide bonds. The molecule has 0 heterocycles. The first-order valence-electron chi connectivity index (χ1n) is 7.31. The summed E-state index contributed by atoms with van der Waals surface area (Å²) in [5.41, 5.74) is 0. The lowest BCUT2D eigenvalue weighted by atomic mass is 9.96. The second-order valence-electron chi connectivity index (χ2n) is 5.16. The van der Waals surface area contributed by atoms with E-state index in [1.165, 1.54) is 6.42 Å². The van der Waals surface area contributed by atoms with E-state index in [1.807, 2.05) is 13.0 Å². The summed E-state index contributed by atoms with van der Waals surface area (Å²) in [6.07, 6.45) is 9.14. The van der Waals surface area contributed by atoms with E-state index in [0.717, 1.165) is 38.5 Å². The molecule has 1 aliphatic carbocycles. The van der Waals surface area contributed by atoms with Crippen LogP contribution in [0, 0.1) is 0 Å². The number of hydrogen-bond donors (Lipinski definition) is 1. The molecule has 0 radical (unpaired) electrons. The van der Waals surface area contributed by atoms with Crippen molar-refractivity contribution in [1.29, 1.82) is 0 Å². The van der Waals surface area contributed by atoms with Crippen LogP contribution in [0.5, 0.6) is 0 Å². The smallest absolute Gasteiger partial charge is 0.384 e. The number of rotatable bonds is 7. The highest BCUT2D eigenvalue weighted by atomic mass is 16.7. The zero-order valence-corrected chi connectivity index (χ0v) is 12.2. The van der Waals surface area contributed by atoms with Gasteiger partial charge in [0.1, 0.15) is 6.10 Å². The Morgan fingerprint density at radius 1 is 1.45 bits per heavy atom. The van der Waals surface area contributed by atoms with Crippen LogP contribution in [0.3, 0.4) is 0 Å². The fourth-order valence-electron chi connectivity index (χ4n) is 2.17. The average molecular weight is 283 g/mol. The number of carboxylic acid groups (broad SMARTS) is 1. The van der Waals surface area contributed by atoms with Gasteiger partial charge in [-0.05, 0) is 32.6 Å². The molecule has 0 bridgehead atoms. The fourth-order valence-corrected chi connectivity index (χ4v) is 2.17. The number of carbonyl (C=O) groups is 1. The van der Waals surface area contributed by atoms with Crippen molar-refractivity contribution in [3.05, 3.63) is 12.7 Å². The lowest BCUT2D eigenvalue weighted by Crippen LogP contribution is -2.23. The second kappa shape index (κ2) is 9.39. The summed E-state index contributed by atoms with van der Waals surface area (Å²) in [6.45, 7) is 5.17. The van der Waals surface area contributed by atoms with Crippen LogP contribution in [0.25, 0.3) is 0 Å². The van der Waals surface area contributed by atoms with Gasteiger partial charge in [-0.2, -0.15) is 0 Å². The van der Waals surface area contributed by atoms with Gasteiger partial charge < -0.3 is 14.6 Å². The van der Waals surface area contributed by atoms with Crippen LogP contribution >= 0.6 is 0 Å². The van der Waals surface area contributed by atoms with Crippen molar-refractivity contribution < 1.29 is 19.4 Å². The van der Waals surface area contributed by atoms with Crippen LogP contribution in [0.2, 0.25) is 0 Å². The third-order valence-electron chi connectivity index (χ3n) is 3.26. The highest BCUT2D eigenvalue weighted by Crippen LogP contribution is 2.21. The van der Waals surface area contributed by atoms with E-state index in [9.17, 15) is 4.79 Å². The van der Waals surface area contributed by atoms with Crippen LogP contribution < -0.4 is 0 Å². The van der Waals surface area contributed by atoms with E-state index in [2.05, 4.69) is 11.6 Å².